The normalized spacial score (nSPS) is 10.7. The Morgan fingerprint density at radius 1 is 0.667 bits per heavy atom. The maximum atomic E-state index is 11.8. The summed E-state index contributed by atoms with van der Waals surface area (Å²) in [6.45, 7) is 3.28. The molecule has 1 aromatic carbocycles. The molecule has 0 heterocycles. The van der Waals surface area contributed by atoms with Crippen LogP contribution in [-0.2, 0) is 16.0 Å². The Morgan fingerprint density at radius 3 is 1.60 bits per heavy atom. The lowest BCUT2D eigenvalue weighted by atomic mass is 10.1. The predicted molar refractivity (Wildman–Crippen MR) is 124 cm³/mol. The summed E-state index contributed by atoms with van der Waals surface area (Å²) in [7, 11) is 0. The van der Waals surface area contributed by atoms with Crippen LogP contribution in [0.4, 0.5) is 0 Å². The summed E-state index contributed by atoms with van der Waals surface area (Å²) in [5.74, 6) is -0.848. The number of amides is 2. The number of hydrogen-bond acceptors (Lipinski definition) is 3. The molecule has 0 unspecified atom stereocenters. The smallest absolute Gasteiger partial charge is 0.309 e. The van der Waals surface area contributed by atoms with Crippen molar-refractivity contribution in [2.45, 2.75) is 96.8 Å². The fraction of sp³-hybridized carbons (Fsp3) is 0.680. The Balaban J connectivity index is 1.89. The lowest BCUT2D eigenvalue weighted by molar-refractivity contribution is -0.139. The number of aryl methyl sites for hydroxylation is 1. The SMILES string of the molecule is CCCCCCCCCCCCCCNC(=O)C(=O)NCCCc1ccc(O)cc1. The lowest BCUT2D eigenvalue weighted by Crippen LogP contribution is -2.40. The predicted octanol–water partition coefficient (Wildman–Crippen LogP) is 5.26. The van der Waals surface area contributed by atoms with Gasteiger partial charge in [-0.2, -0.15) is 0 Å². The standard InChI is InChI=1S/C25H42N2O3/c1-2-3-4-5-6-7-8-9-10-11-12-13-20-26-24(29)25(30)27-21-14-15-22-16-18-23(28)19-17-22/h16-19,28H,2-15,20-21H2,1H3,(H,26,29)(H,27,30). The topological polar surface area (TPSA) is 78.4 Å². The third kappa shape index (κ3) is 14.0. The van der Waals surface area contributed by atoms with E-state index in [4.69, 9.17) is 0 Å². The van der Waals surface area contributed by atoms with Gasteiger partial charge in [0.15, 0.2) is 0 Å². The van der Waals surface area contributed by atoms with Gasteiger partial charge in [-0.1, -0.05) is 89.7 Å². The zero-order chi connectivity index (χ0) is 21.9. The number of aromatic hydroxyl groups is 1. The van der Waals surface area contributed by atoms with E-state index in [0.29, 0.717) is 13.1 Å². The molecule has 0 radical (unpaired) electrons. The lowest BCUT2D eigenvalue weighted by Gasteiger charge is -2.07. The third-order valence-electron chi connectivity index (χ3n) is 5.39. The largest absolute Gasteiger partial charge is 0.508 e. The second kappa shape index (κ2) is 17.8. The van der Waals surface area contributed by atoms with E-state index in [1.54, 1.807) is 12.1 Å². The molecule has 0 saturated carbocycles. The fourth-order valence-electron chi connectivity index (χ4n) is 3.49. The summed E-state index contributed by atoms with van der Waals surface area (Å²) in [6.07, 6.45) is 16.9. The molecule has 2 amide bonds. The Bertz CT molecular complexity index is 572. The molecule has 0 spiro atoms. The van der Waals surface area contributed by atoms with Gasteiger partial charge in [0.2, 0.25) is 0 Å². The van der Waals surface area contributed by atoms with Crippen molar-refractivity contribution in [2.24, 2.45) is 0 Å². The van der Waals surface area contributed by atoms with Crippen LogP contribution in [0.25, 0.3) is 0 Å². The second-order valence-corrected chi connectivity index (χ2v) is 8.17. The van der Waals surface area contributed by atoms with Crippen molar-refractivity contribution in [1.29, 1.82) is 0 Å². The summed E-state index contributed by atoms with van der Waals surface area (Å²) in [6, 6.07) is 7.02. The third-order valence-corrected chi connectivity index (χ3v) is 5.39. The number of carbonyl (C=O) groups excluding carboxylic acids is 2. The first-order valence-electron chi connectivity index (χ1n) is 12.0. The molecule has 30 heavy (non-hydrogen) atoms. The molecule has 3 N–H and O–H groups in total. The molecule has 0 saturated heterocycles. The van der Waals surface area contributed by atoms with Gasteiger partial charge in [-0.3, -0.25) is 9.59 Å². The Hall–Kier alpha value is -2.04. The van der Waals surface area contributed by atoms with E-state index < -0.39 is 11.8 Å². The van der Waals surface area contributed by atoms with Gasteiger partial charge >= 0.3 is 11.8 Å². The van der Waals surface area contributed by atoms with E-state index in [1.807, 2.05) is 12.1 Å². The van der Waals surface area contributed by atoms with Crippen molar-refractivity contribution in [1.82, 2.24) is 10.6 Å². The first-order valence-corrected chi connectivity index (χ1v) is 12.0. The van der Waals surface area contributed by atoms with Crippen molar-refractivity contribution >= 4 is 11.8 Å². The summed E-state index contributed by atoms with van der Waals surface area (Å²) in [4.78, 5) is 23.6. The summed E-state index contributed by atoms with van der Waals surface area (Å²) >= 11 is 0. The van der Waals surface area contributed by atoms with Crippen LogP contribution in [0.5, 0.6) is 5.75 Å². The van der Waals surface area contributed by atoms with E-state index >= 15 is 0 Å². The first-order chi connectivity index (χ1) is 14.6. The number of hydrogen-bond donors (Lipinski definition) is 3. The monoisotopic (exact) mass is 418 g/mol. The molecule has 0 bridgehead atoms. The molecule has 170 valence electrons. The van der Waals surface area contributed by atoms with E-state index in [9.17, 15) is 14.7 Å². The summed E-state index contributed by atoms with van der Waals surface area (Å²) in [5.41, 5.74) is 1.10. The van der Waals surface area contributed by atoms with Gasteiger partial charge in [-0.15, -0.1) is 0 Å². The molecule has 0 aromatic heterocycles. The maximum absolute atomic E-state index is 11.8. The quantitative estimate of drug-likeness (QED) is 0.238. The average Bonchev–Trinajstić information content (AvgIpc) is 2.75. The molecule has 0 aliphatic carbocycles. The Morgan fingerprint density at radius 2 is 1.10 bits per heavy atom. The zero-order valence-corrected chi connectivity index (χ0v) is 18.9. The Kier molecular flexibility index (Phi) is 15.4. The zero-order valence-electron chi connectivity index (χ0n) is 18.9. The van der Waals surface area contributed by atoms with E-state index in [0.717, 1.165) is 31.2 Å². The number of carbonyl (C=O) groups is 2. The van der Waals surface area contributed by atoms with Crippen LogP contribution in [0.1, 0.15) is 96.0 Å². The molecule has 1 rings (SSSR count). The minimum atomic E-state index is -0.556. The summed E-state index contributed by atoms with van der Waals surface area (Å²) in [5, 5.41) is 14.6. The molecule has 0 atom stereocenters. The highest BCUT2D eigenvalue weighted by Gasteiger charge is 2.11. The van der Waals surface area contributed by atoms with Crippen molar-refractivity contribution < 1.29 is 14.7 Å². The van der Waals surface area contributed by atoms with Crippen LogP contribution in [0.2, 0.25) is 0 Å². The van der Waals surface area contributed by atoms with Crippen LogP contribution in [0, 0.1) is 0 Å². The second-order valence-electron chi connectivity index (χ2n) is 8.17. The molecular weight excluding hydrogens is 376 g/mol. The molecular formula is C25H42N2O3. The van der Waals surface area contributed by atoms with E-state index in [1.165, 1.54) is 64.2 Å². The van der Waals surface area contributed by atoms with Crippen molar-refractivity contribution in [3.05, 3.63) is 29.8 Å². The number of unbranched alkanes of at least 4 members (excludes halogenated alkanes) is 11. The van der Waals surface area contributed by atoms with Crippen LogP contribution in [-0.4, -0.2) is 30.0 Å². The van der Waals surface area contributed by atoms with Gasteiger partial charge in [-0.25, -0.2) is 0 Å². The van der Waals surface area contributed by atoms with Gasteiger partial charge in [0.25, 0.3) is 0 Å². The van der Waals surface area contributed by atoms with Gasteiger partial charge in [0.1, 0.15) is 5.75 Å². The van der Waals surface area contributed by atoms with Crippen molar-refractivity contribution in [2.75, 3.05) is 13.1 Å². The molecule has 0 aliphatic heterocycles. The van der Waals surface area contributed by atoms with Gasteiger partial charge in [0.05, 0.1) is 0 Å². The molecule has 5 heteroatoms. The minimum Gasteiger partial charge on any atom is -0.508 e. The molecule has 5 nitrogen and oxygen atoms in total. The van der Waals surface area contributed by atoms with Crippen LogP contribution in [0.3, 0.4) is 0 Å². The van der Waals surface area contributed by atoms with E-state index in [2.05, 4.69) is 17.6 Å². The average molecular weight is 419 g/mol. The Labute approximate surface area is 183 Å². The van der Waals surface area contributed by atoms with E-state index in [-0.39, 0.29) is 5.75 Å². The maximum Gasteiger partial charge on any atom is 0.309 e. The van der Waals surface area contributed by atoms with Gasteiger partial charge in [0, 0.05) is 13.1 Å². The summed E-state index contributed by atoms with van der Waals surface area (Å²) < 4.78 is 0. The number of phenols is 1. The minimum absolute atomic E-state index is 0.247. The number of phenolic OH excluding ortho intramolecular Hbond substituents is 1. The molecule has 0 fully saturated rings. The highest BCUT2D eigenvalue weighted by atomic mass is 16.3. The van der Waals surface area contributed by atoms with Crippen molar-refractivity contribution in [3.63, 3.8) is 0 Å². The highest BCUT2D eigenvalue weighted by molar-refractivity contribution is 6.35. The van der Waals surface area contributed by atoms with Gasteiger partial charge < -0.3 is 15.7 Å². The van der Waals surface area contributed by atoms with Crippen molar-refractivity contribution in [3.8, 4) is 5.75 Å². The first kappa shape index (κ1) is 26.0. The number of rotatable bonds is 17. The van der Waals surface area contributed by atoms with Crippen LogP contribution >= 0.6 is 0 Å². The number of nitrogens with one attached hydrogen (secondary N) is 2. The van der Waals surface area contributed by atoms with Crippen LogP contribution < -0.4 is 10.6 Å². The van der Waals surface area contributed by atoms with Gasteiger partial charge in [-0.05, 0) is 37.0 Å². The molecule has 1 aromatic rings. The molecule has 0 aliphatic rings. The fourth-order valence-corrected chi connectivity index (χ4v) is 3.49. The van der Waals surface area contributed by atoms with Crippen LogP contribution in [0.15, 0.2) is 24.3 Å². The highest BCUT2D eigenvalue weighted by Crippen LogP contribution is 2.12. The number of benzene rings is 1.